The molecule has 4 heteroatoms. The highest BCUT2D eigenvalue weighted by Crippen LogP contribution is 2.09. The minimum atomic E-state index is 0.116. The molecule has 1 aromatic heterocycles. The molecule has 0 radical (unpaired) electrons. The van der Waals surface area contributed by atoms with Crippen molar-refractivity contribution < 1.29 is 4.79 Å². The van der Waals surface area contributed by atoms with Crippen LogP contribution in [0.1, 0.15) is 15.9 Å². The highest BCUT2D eigenvalue weighted by Gasteiger charge is 2.21. The number of hydrogen-bond acceptors (Lipinski definition) is 3. The number of rotatable bonds is 4. The zero-order chi connectivity index (χ0) is 15.2. The number of aromatic nitrogens is 1. The molecular weight excluding hydrogens is 274 g/mol. The summed E-state index contributed by atoms with van der Waals surface area (Å²) >= 11 is 0. The van der Waals surface area contributed by atoms with Gasteiger partial charge in [0.15, 0.2) is 0 Å². The molecule has 0 N–H and O–H groups in total. The monoisotopic (exact) mass is 295 g/mol. The SMILES string of the molecule is O=C(c1ccncc1)N1CCN(CCc2ccccc2)CC1. The summed E-state index contributed by atoms with van der Waals surface area (Å²) in [7, 11) is 0. The van der Waals surface area contributed by atoms with Gasteiger partial charge in [-0.25, -0.2) is 0 Å². The van der Waals surface area contributed by atoms with Crippen LogP contribution < -0.4 is 0 Å². The van der Waals surface area contributed by atoms with Gasteiger partial charge in [-0.2, -0.15) is 0 Å². The lowest BCUT2D eigenvalue weighted by molar-refractivity contribution is 0.0638. The van der Waals surface area contributed by atoms with Crippen molar-refractivity contribution >= 4 is 5.91 Å². The highest BCUT2D eigenvalue weighted by molar-refractivity contribution is 5.94. The number of piperazine rings is 1. The summed E-state index contributed by atoms with van der Waals surface area (Å²) in [6, 6.07) is 14.1. The van der Waals surface area contributed by atoms with E-state index < -0.39 is 0 Å². The van der Waals surface area contributed by atoms with Gasteiger partial charge < -0.3 is 4.90 Å². The van der Waals surface area contributed by atoms with Gasteiger partial charge in [0.2, 0.25) is 0 Å². The maximum Gasteiger partial charge on any atom is 0.254 e. The molecule has 114 valence electrons. The molecule has 1 aromatic carbocycles. The second-order valence-electron chi connectivity index (χ2n) is 5.61. The van der Waals surface area contributed by atoms with E-state index in [0.29, 0.717) is 0 Å². The Bertz CT molecular complexity index is 592. The molecule has 1 saturated heterocycles. The van der Waals surface area contributed by atoms with Crippen molar-refractivity contribution in [1.29, 1.82) is 0 Å². The molecule has 0 unspecified atom stereocenters. The Morgan fingerprint density at radius 3 is 2.32 bits per heavy atom. The van der Waals surface area contributed by atoms with Crippen LogP contribution in [0.25, 0.3) is 0 Å². The molecule has 0 spiro atoms. The van der Waals surface area contributed by atoms with E-state index in [9.17, 15) is 4.79 Å². The number of benzene rings is 1. The zero-order valence-electron chi connectivity index (χ0n) is 12.7. The van der Waals surface area contributed by atoms with Crippen molar-refractivity contribution in [3.8, 4) is 0 Å². The Balaban J connectivity index is 1.47. The first kappa shape index (κ1) is 14.7. The van der Waals surface area contributed by atoms with Crippen LogP contribution in [0.15, 0.2) is 54.9 Å². The van der Waals surface area contributed by atoms with Crippen LogP contribution in [-0.2, 0) is 6.42 Å². The van der Waals surface area contributed by atoms with Crippen molar-refractivity contribution in [2.45, 2.75) is 6.42 Å². The molecule has 22 heavy (non-hydrogen) atoms. The van der Waals surface area contributed by atoms with Gasteiger partial charge in [-0.15, -0.1) is 0 Å². The van der Waals surface area contributed by atoms with Crippen molar-refractivity contribution in [2.24, 2.45) is 0 Å². The average molecular weight is 295 g/mol. The van der Waals surface area contributed by atoms with E-state index in [0.717, 1.165) is 44.7 Å². The quantitative estimate of drug-likeness (QED) is 0.866. The van der Waals surface area contributed by atoms with Gasteiger partial charge in [0, 0.05) is 50.7 Å². The first-order valence-electron chi connectivity index (χ1n) is 7.78. The van der Waals surface area contributed by atoms with Crippen LogP contribution in [0.3, 0.4) is 0 Å². The van der Waals surface area contributed by atoms with Crippen molar-refractivity contribution in [1.82, 2.24) is 14.8 Å². The minimum Gasteiger partial charge on any atom is -0.336 e. The van der Waals surface area contributed by atoms with E-state index >= 15 is 0 Å². The lowest BCUT2D eigenvalue weighted by atomic mass is 10.1. The van der Waals surface area contributed by atoms with Crippen LogP contribution >= 0.6 is 0 Å². The van der Waals surface area contributed by atoms with Gasteiger partial charge in [0.25, 0.3) is 5.91 Å². The molecule has 0 aliphatic carbocycles. The Labute approximate surface area is 131 Å². The van der Waals surface area contributed by atoms with Crippen molar-refractivity contribution in [2.75, 3.05) is 32.7 Å². The summed E-state index contributed by atoms with van der Waals surface area (Å²) in [5, 5.41) is 0. The third kappa shape index (κ3) is 3.71. The Morgan fingerprint density at radius 1 is 0.955 bits per heavy atom. The van der Waals surface area contributed by atoms with Gasteiger partial charge in [-0.05, 0) is 24.1 Å². The van der Waals surface area contributed by atoms with Crippen LogP contribution in [-0.4, -0.2) is 53.4 Å². The maximum absolute atomic E-state index is 12.4. The van der Waals surface area contributed by atoms with Crippen LogP contribution in [0.2, 0.25) is 0 Å². The fraction of sp³-hybridized carbons (Fsp3) is 0.333. The number of carbonyl (C=O) groups is 1. The summed E-state index contributed by atoms with van der Waals surface area (Å²) in [6.07, 6.45) is 4.41. The first-order chi connectivity index (χ1) is 10.8. The molecule has 4 nitrogen and oxygen atoms in total. The number of hydrogen-bond donors (Lipinski definition) is 0. The van der Waals surface area contributed by atoms with Gasteiger partial charge in [-0.1, -0.05) is 30.3 Å². The zero-order valence-corrected chi connectivity index (χ0v) is 12.7. The molecule has 0 bridgehead atoms. The maximum atomic E-state index is 12.4. The largest absolute Gasteiger partial charge is 0.336 e. The van der Waals surface area contributed by atoms with E-state index in [-0.39, 0.29) is 5.91 Å². The molecule has 1 aliphatic heterocycles. The predicted octanol–water partition coefficient (Wildman–Crippen LogP) is 2.08. The van der Waals surface area contributed by atoms with Crippen molar-refractivity contribution in [3.63, 3.8) is 0 Å². The van der Waals surface area contributed by atoms with Gasteiger partial charge in [-0.3, -0.25) is 14.7 Å². The molecule has 1 aliphatic rings. The molecule has 2 heterocycles. The summed E-state index contributed by atoms with van der Waals surface area (Å²) in [5.74, 6) is 0.116. The highest BCUT2D eigenvalue weighted by atomic mass is 16.2. The molecule has 0 saturated carbocycles. The number of amides is 1. The van der Waals surface area contributed by atoms with E-state index in [1.54, 1.807) is 24.5 Å². The summed E-state index contributed by atoms with van der Waals surface area (Å²) in [4.78, 5) is 20.7. The third-order valence-electron chi connectivity index (χ3n) is 4.15. The molecular formula is C18H21N3O. The molecule has 0 atom stereocenters. The predicted molar refractivity (Wildman–Crippen MR) is 86.7 cm³/mol. The molecule has 3 rings (SSSR count). The second kappa shape index (κ2) is 7.18. The molecule has 2 aromatic rings. The Morgan fingerprint density at radius 2 is 1.64 bits per heavy atom. The van der Waals surface area contributed by atoms with E-state index in [4.69, 9.17) is 0 Å². The fourth-order valence-electron chi connectivity index (χ4n) is 2.78. The lowest BCUT2D eigenvalue weighted by Gasteiger charge is -2.34. The lowest BCUT2D eigenvalue weighted by Crippen LogP contribution is -2.49. The smallest absolute Gasteiger partial charge is 0.254 e. The molecule has 1 amide bonds. The summed E-state index contributed by atoms with van der Waals surface area (Å²) < 4.78 is 0. The van der Waals surface area contributed by atoms with Gasteiger partial charge in [0.05, 0.1) is 0 Å². The third-order valence-corrected chi connectivity index (χ3v) is 4.15. The van der Waals surface area contributed by atoms with Crippen LogP contribution in [0, 0.1) is 0 Å². The second-order valence-corrected chi connectivity index (χ2v) is 5.61. The number of nitrogens with zero attached hydrogens (tertiary/aromatic N) is 3. The normalized spacial score (nSPS) is 15.7. The van der Waals surface area contributed by atoms with Crippen LogP contribution in [0.4, 0.5) is 0 Å². The number of pyridine rings is 1. The molecule has 1 fully saturated rings. The fourth-order valence-corrected chi connectivity index (χ4v) is 2.78. The Kier molecular flexibility index (Phi) is 4.81. The van der Waals surface area contributed by atoms with Gasteiger partial charge >= 0.3 is 0 Å². The summed E-state index contributed by atoms with van der Waals surface area (Å²) in [5.41, 5.74) is 2.10. The van der Waals surface area contributed by atoms with Crippen LogP contribution in [0.5, 0.6) is 0 Å². The van der Waals surface area contributed by atoms with Crippen molar-refractivity contribution in [3.05, 3.63) is 66.0 Å². The topological polar surface area (TPSA) is 36.4 Å². The average Bonchev–Trinajstić information content (AvgIpc) is 2.61. The van der Waals surface area contributed by atoms with E-state index in [2.05, 4.69) is 34.1 Å². The number of carbonyl (C=O) groups excluding carboxylic acids is 1. The Hall–Kier alpha value is -2.20. The minimum absolute atomic E-state index is 0.116. The summed E-state index contributed by atoms with van der Waals surface area (Å²) in [6.45, 7) is 4.56. The van der Waals surface area contributed by atoms with E-state index in [1.165, 1.54) is 5.56 Å². The first-order valence-corrected chi connectivity index (χ1v) is 7.78. The van der Waals surface area contributed by atoms with E-state index in [1.807, 2.05) is 11.0 Å². The standard InChI is InChI=1S/C18H21N3O/c22-18(17-6-9-19-10-7-17)21-14-12-20(13-15-21)11-8-16-4-2-1-3-5-16/h1-7,9-10H,8,11-15H2. The van der Waals surface area contributed by atoms with Gasteiger partial charge in [0.1, 0.15) is 0 Å².